The van der Waals surface area contributed by atoms with Gasteiger partial charge in [0.2, 0.25) is 0 Å². The van der Waals surface area contributed by atoms with Gasteiger partial charge in [-0.2, -0.15) is 0 Å². The number of fused-ring (bicyclic) bond motifs is 1. The number of phenols is 1. The first-order valence-electron chi connectivity index (χ1n) is 7.13. The maximum absolute atomic E-state index is 12.1. The number of hydrogen-bond acceptors (Lipinski definition) is 4. The molecule has 1 aliphatic heterocycles. The summed E-state index contributed by atoms with van der Waals surface area (Å²) < 4.78 is 12.7. The molecule has 1 N–H and O–H groups in total. The molecule has 1 atom stereocenters. The zero-order chi connectivity index (χ0) is 15.0. The third-order valence-electron chi connectivity index (χ3n) is 4.11. The molecule has 2 heterocycles. The smallest absolute Gasteiger partial charge is 0.340 e. The summed E-state index contributed by atoms with van der Waals surface area (Å²) in [4.78, 5) is 12.1. The molecule has 1 aromatic carbocycles. The lowest BCUT2D eigenvalue weighted by Gasteiger charge is -2.14. The molecule has 2 aromatic rings. The third-order valence-corrected chi connectivity index (χ3v) is 4.11. The van der Waals surface area contributed by atoms with Crippen molar-refractivity contribution in [3.8, 4) is 5.75 Å². The second kappa shape index (κ2) is 5.41. The van der Waals surface area contributed by atoms with Crippen LogP contribution in [-0.2, 0) is 16.0 Å². The Hall–Kier alpha value is -2.01. The van der Waals surface area contributed by atoms with E-state index in [-0.39, 0.29) is 17.8 Å². The summed E-state index contributed by atoms with van der Waals surface area (Å²) in [5.41, 5.74) is 2.28. The Balaban J connectivity index is 2.14. The quantitative estimate of drug-likeness (QED) is 0.882. The standard InChI is InChI=1S/C16H19NO4/c1-10-15(16(19)20-2)13-8-11(18)5-6-14(13)17(10)9-12-4-3-7-21-12/h5-6,8,12,18H,3-4,7,9H2,1-2H3. The number of nitrogens with zero attached hydrogens (tertiary/aromatic N) is 1. The second-order valence-corrected chi connectivity index (χ2v) is 5.40. The second-order valence-electron chi connectivity index (χ2n) is 5.40. The zero-order valence-electron chi connectivity index (χ0n) is 12.3. The molecule has 21 heavy (non-hydrogen) atoms. The molecule has 1 unspecified atom stereocenters. The SMILES string of the molecule is COC(=O)c1c(C)n(CC2CCCO2)c2ccc(O)cc12. The van der Waals surface area contributed by atoms with Crippen LogP contribution in [0.15, 0.2) is 18.2 Å². The number of benzene rings is 1. The minimum Gasteiger partial charge on any atom is -0.508 e. The highest BCUT2D eigenvalue weighted by Gasteiger charge is 2.24. The Morgan fingerprint density at radius 1 is 1.52 bits per heavy atom. The topological polar surface area (TPSA) is 60.7 Å². The van der Waals surface area contributed by atoms with Gasteiger partial charge < -0.3 is 19.1 Å². The first-order chi connectivity index (χ1) is 10.1. The Labute approximate surface area is 123 Å². The van der Waals surface area contributed by atoms with Crippen molar-refractivity contribution in [3.05, 3.63) is 29.5 Å². The van der Waals surface area contributed by atoms with Gasteiger partial charge in [0, 0.05) is 29.7 Å². The summed E-state index contributed by atoms with van der Waals surface area (Å²) in [6.07, 6.45) is 2.29. The van der Waals surface area contributed by atoms with Gasteiger partial charge in [0.05, 0.1) is 18.8 Å². The number of carbonyl (C=O) groups excluding carboxylic acids is 1. The lowest BCUT2D eigenvalue weighted by atomic mass is 10.1. The Kier molecular flexibility index (Phi) is 3.59. The van der Waals surface area contributed by atoms with Crippen molar-refractivity contribution in [1.29, 1.82) is 0 Å². The molecule has 0 saturated carbocycles. The first kappa shape index (κ1) is 13.9. The molecule has 0 spiro atoms. The van der Waals surface area contributed by atoms with Gasteiger partial charge in [0.15, 0.2) is 0 Å². The van der Waals surface area contributed by atoms with Crippen LogP contribution in [-0.4, -0.2) is 35.5 Å². The highest BCUT2D eigenvalue weighted by atomic mass is 16.5. The van der Waals surface area contributed by atoms with Crippen LogP contribution in [0.2, 0.25) is 0 Å². The molecule has 5 nitrogen and oxygen atoms in total. The number of aromatic hydroxyl groups is 1. The molecule has 0 aliphatic carbocycles. The van der Waals surface area contributed by atoms with Crippen molar-refractivity contribution >= 4 is 16.9 Å². The zero-order valence-corrected chi connectivity index (χ0v) is 12.3. The van der Waals surface area contributed by atoms with Crippen LogP contribution in [0, 0.1) is 6.92 Å². The van der Waals surface area contributed by atoms with Crippen molar-refractivity contribution in [2.45, 2.75) is 32.4 Å². The van der Waals surface area contributed by atoms with Crippen LogP contribution in [0.4, 0.5) is 0 Å². The molecule has 3 rings (SSSR count). The number of rotatable bonds is 3. The van der Waals surface area contributed by atoms with E-state index in [9.17, 15) is 9.90 Å². The minimum atomic E-state index is -0.380. The van der Waals surface area contributed by atoms with E-state index in [1.165, 1.54) is 7.11 Å². The van der Waals surface area contributed by atoms with Crippen molar-refractivity contribution in [1.82, 2.24) is 4.57 Å². The van der Waals surface area contributed by atoms with Gasteiger partial charge in [-0.25, -0.2) is 4.79 Å². The number of ether oxygens (including phenoxy) is 2. The number of aromatic nitrogens is 1. The van der Waals surface area contributed by atoms with Crippen LogP contribution in [0.5, 0.6) is 5.75 Å². The van der Waals surface area contributed by atoms with E-state index in [4.69, 9.17) is 9.47 Å². The van der Waals surface area contributed by atoms with Gasteiger partial charge >= 0.3 is 5.97 Å². The molecule has 0 bridgehead atoms. The highest BCUT2D eigenvalue weighted by Crippen LogP contribution is 2.30. The largest absolute Gasteiger partial charge is 0.508 e. The van der Waals surface area contributed by atoms with Gasteiger partial charge in [-0.3, -0.25) is 0 Å². The highest BCUT2D eigenvalue weighted by molar-refractivity contribution is 6.06. The molecule has 5 heteroatoms. The number of phenolic OH excluding ortho intramolecular Hbond substituents is 1. The van der Waals surface area contributed by atoms with Crippen molar-refractivity contribution < 1.29 is 19.4 Å². The minimum absolute atomic E-state index is 0.141. The molecule has 1 fully saturated rings. The van der Waals surface area contributed by atoms with Crippen LogP contribution < -0.4 is 0 Å². The predicted octanol–water partition coefficient (Wildman–Crippen LogP) is 2.62. The Bertz CT molecular complexity index is 683. The van der Waals surface area contributed by atoms with E-state index in [0.717, 1.165) is 36.0 Å². The fraction of sp³-hybridized carbons (Fsp3) is 0.438. The van der Waals surface area contributed by atoms with Gasteiger partial charge in [0.25, 0.3) is 0 Å². The summed E-state index contributed by atoms with van der Waals surface area (Å²) in [7, 11) is 1.37. The van der Waals surface area contributed by atoms with Crippen LogP contribution >= 0.6 is 0 Å². The molecular weight excluding hydrogens is 270 g/mol. The summed E-state index contributed by atoms with van der Waals surface area (Å²) in [6.45, 7) is 3.41. The van der Waals surface area contributed by atoms with Gasteiger partial charge in [-0.05, 0) is 38.0 Å². The number of hydrogen-bond donors (Lipinski definition) is 1. The molecule has 1 aliphatic rings. The molecule has 0 radical (unpaired) electrons. The summed E-state index contributed by atoms with van der Waals surface area (Å²) >= 11 is 0. The molecule has 1 aromatic heterocycles. The third kappa shape index (κ3) is 2.38. The van der Waals surface area contributed by atoms with E-state index in [1.54, 1.807) is 12.1 Å². The number of carbonyl (C=O) groups is 1. The van der Waals surface area contributed by atoms with Crippen molar-refractivity contribution in [2.75, 3.05) is 13.7 Å². The van der Waals surface area contributed by atoms with Crippen molar-refractivity contribution in [3.63, 3.8) is 0 Å². The average Bonchev–Trinajstić information content (AvgIpc) is 3.06. The Morgan fingerprint density at radius 2 is 2.33 bits per heavy atom. The summed E-state index contributed by atoms with van der Waals surface area (Å²) in [6, 6.07) is 5.08. The lowest BCUT2D eigenvalue weighted by Crippen LogP contribution is -2.16. The van der Waals surface area contributed by atoms with Gasteiger partial charge in [-0.15, -0.1) is 0 Å². The maximum Gasteiger partial charge on any atom is 0.340 e. The van der Waals surface area contributed by atoms with Crippen LogP contribution in [0.3, 0.4) is 0 Å². The first-order valence-corrected chi connectivity index (χ1v) is 7.13. The number of methoxy groups -OCH3 is 1. The fourth-order valence-electron chi connectivity index (χ4n) is 3.06. The van der Waals surface area contributed by atoms with E-state index in [1.807, 2.05) is 13.0 Å². The van der Waals surface area contributed by atoms with E-state index >= 15 is 0 Å². The van der Waals surface area contributed by atoms with Crippen LogP contribution in [0.25, 0.3) is 10.9 Å². The fourth-order valence-corrected chi connectivity index (χ4v) is 3.06. The number of esters is 1. The monoisotopic (exact) mass is 289 g/mol. The van der Waals surface area contributed by atoms with Crippen LogP contribution in [0.1, 0.15) is 28.9 Å². The maximum atomic E-state index is 12.1. The summed E-state index contributed by atoms with van der Waals surface area (Å²) in [5, 5.41) is 10.4. The molecular formula is C16H19NO4. The van der Waals surface area contributed by atoms with Gasteiger partial charge in [0.1, 0.15) is 5.75 Å². The van der Waals surface area contributed by atoms with E-state index < -0.39 is 0 Å². The normalized spacial score (nSPS) is 18.3. The van der Waals surface area contributed by atoms with E-state index in [2.05, 4.69) is 4.57 Å². The van der Waals surface area contributed by atoms with E-state index in [0.29, 0.717) is 12.1 Å². The molecule has 0 amide bonds. The predicted molar refractivity (Wildman–Crippen MR) is 78.7 cm³/mol. The average molecular weight is 289 g/mol. The Morgan fingerprint density at radius 3 is 3.00 bits per heavy atom. The van der Waals surface area contributed by atoms with Crippen molar-refractivity contribution in [2.24, 2.45) is 0 Å². The molecule has 1 saturated heterocycles. The van der Waals surface area contributed by atoms with Gasteiger partial charge in [-0.1, -0.05) is 0 Å². The lowest BCUT2D eigenvalue weighted by molar-refractivity contribution is 0.0600. The molecule has 112 valence electrons. The summed E-state index contributed by atoms with van der Waals surface area (Å²) in [5.74, 6) is -0.240.